The number of nitrogens with zero attached hydrogens (tertiary/aromatic N) is 1. The molecule has 0 aliphatic rings. The lowest BCUT2D eigenvalue weighted by Gasteiger charge is -1.85. The third-order valence-electron chi connectivity index (χ3n) is 0.355. The predicted octanol–water partition coefficient (Wildman–Crippen LogP) is -0.449. The number of hydrogen-bond donors (Lipinski definition) is 0. The molecule has 0 aromatic heterocycles. The molecule has 0 aliphatic carbocycles. The minimum atomic E-state index is -1.96. The van der Waals surface area contributed by atoms with E-state index in [0.717, 1.165) is 6.08 Å². The molecule has 48 valence electrons. The molecular formula is C4H3NO3S. The Labute approximate surface area is 54.7 Å². The Morgan fingerprint density at radius 3 is 2.89 bits per heavy atom. The van der Waals surface area contributed by atoms with Crippen LogP contribution in [0.25, 0.3) is 0 Å². The summed E-state index contributed by atoms with van der Waals surface area (Å²) in [6, 6.07) is 0. The predicted molar refractivity (Wildman–Crippen MR) is 31.0 cm³/mol. The number of carbonyl (C=O) groups excluding carboxylic acids is 1. The van der Waals surface area contributed by atoms with Gasteiger partial charge in [0.2, 0.25) is 0 Å². The number of hydrogen-bond acceptors (Lipinski definition) is 3. The van der Waals surface area contributed by atoms with Crippen molar-refractivity contribution in [2.24, 2.45) is 4.40 Å². The van der Waals surface area contributed by atoms with Gasteiger partial charge in [-0.1, -0.05) is 10.3 Å². The van der Waals surface area contributed by atoms with Crippen LogP contribution in [-0.2, 0) is 20.2 Å². The zero-order valence-corrected chi connectivity index (χ0v) is 5.18. The van der Waals surface area contributed by atoms with Crippen molar-refractivity contribution in [3.63, 3.8) is 0 Å². The van der Waals surface area contributed by atoms with Crippen LogP contribution < -0.4 is 0 Å². The van der Waals surface area contributed by atoms with E-state index in [1.165, 1.54) is 0 Å². The summed E-state index contributed by atoms with van der Waals surface area (Å²) in [6.07, 6.45) is 5.78. The SMILES string of the molecule is C#CCOS(=O)N=C=O. The summed E-state index contributed by atoms with van der Waals surface area (Å²) in [5, 5.41) is 0. The molecule has 0 rings (SSSR count). The summed E-state index contributed by atoms with van der Waals surface area (Å²) >= 11 is -1.96. The standard InChI is InChI=1S/C4H3NO3S/c1-2-3-8-9(7)5-4-6/h1H,3H2. The van der Waals surface area contributed by atoms with Gasteiger partial charge in [-0.25, -0.2) is 9.00 Å². The first-order chi connectivity index (χ1) is 4.31. The van der Waals surface area contributed by atoms with Crippen LogP contribution in [0.15, 0.2) is 4.40 Å². The zero-order valence-electron chi connectivity index (χ0n) is 4.36. The fourth-order valence-corrected chi connectivity index (χ4v) is 0.424. The summed E-state index contributed by atoms with van der Waals surface area (Å²) in [5.74, 6) is 2.05. The quantitative estimate of drug-likeness (QED) is 0.307. The first-order valence-electron chi connectivity index (χ1n) is 1.87. The van der Waals surface area contributed by atoms with Gasteiger partial charge in [0.15, 0.2) is 0 Å². The van der Waals surface area contributed by atoms with Crippen LogP contribution in [0.4, 0.5) is 0 Å². The van der Waals surface area contributed by atoms with Crippen molar-refractivity contribution in [1.29, 1.82) is 0 Å². The minimum Gasteiger partial charge on any atom is -0.259 e. The molecule has 0 saturated carbocycles. The molecule has 5 heteroatoms. The van der Waals surface area contributed by atoms with E-state index in [2.05, 4.69) is 14.5 Å². The fraction of sp³-hybridized carbons (Fsp3) is 0.250. The Kier molecular flexibility index (Phi) is 4.64. The third-order valence-corrected chi connectivity index (χ3v) is 0.898. The lowest BCUT2D eigenvalue weighted by atomic mass is 10.8. The number of isocyanates is 1. The normalized spacial score (nSPS) is 11.0. The molecule has 0 aromatic carbocycles. The zero-order chi connectivity index (χ0) is 7.11. The number of terminal acetylenes is 1. The topological polar surface area (TPSA) is 55.7 Å². The number of rotatable bonds is 3. The summed E-state index contributed by atoms with van der Waals surface area (Å²) in [6.45, 7) is -0.127. The molecule has 0 radical (unpaired) electrons. The molecule has 0 amide bonds. The Bertz CT molecular complexity index is 188. The van der Waals surface area contributed by atoms with Gasteiger partial charge in [0.05, 0.1) is 0 Å². The molecule has 0 saturated heterocycles. The second kappa shape index (κ2) is 5.19. The van der Waals surface area contributed by atoms with Crippen LogP contribution in [-0.4, -0.2) is 16.9 Å². The Balaban J connectivity index is 3.54. The lowest BCUT2D eigenvalue weighted by molar-refractivity contribution is 0.403. The second-order valence-corrected chi connectivity index (χ2v) is 1.72. The highest BCUT2D eigenvalue weighted by Crippen LogP contribution is 1.82. The van der Waals surface area contributed by atoms with E-state index in [1.807, 2.05) is 0 Å². The van der Waals surface area contributed by atoms with Gasteiger partial charge < -0.3 is 0 Å². The smallest absolute Gasteiger partial charge is 0.259 e. The van der Waals surface area contributed by atoms with Gasteiger partial charge in [0, 0.05) is 0 Å². The van der Waals surface area contributed by atoms with E-state index in [0.29, 0.717) is 0 Å². The molecule has 0 N–H and O–H groups in total. The monoisotopic (exact) mass is 145 g/mol. The van der Waals surface area contributed by atoms with Crippen LogP contribution in [0.1, 0.15) is 0 Å². The molecule has 9 heavy (non-hydrogen) atoms. The van der Waals surface area contributed by atoms with Crippen LogP contribution in [0.2, 0.25) is 0 Å². The average Bonchev–Trinajstić information content (AvgIpc) is 1.85. The van der Waals surface area contributed by atoms with Crippen molar-refractivity contribution < 1.29 is 13.2 Å². The highest BCUT2D eigenvalue weighted by Gasteiger charge is 1.90. The molecule has 0 bridgehead atoms. The van der Waals surface area contributed by atoms with Crippen molar-refractivity contribution in [3.05, 3.63) is 0 Å². The maximum absolute atomic E-state index is 10.2. The fourth-order valence-electron chi connectivity index (χ4n) is 0.141. The van der Waals surface area contributed by atoms with E-state index in [4.69, 9.17) is 6.42 Å². The van der Waals surface area contributed by atoms with Gasteiger partial charge in [0.25, 0.3) is 17.3 Å². The first-order valence-corrected chi connectivity index (χ1v) is 2.91. The maximum atomic E-state index is 10.2. The van der Waals surface area contributed by atoms with Gasteiger partial charge >= 0.3 is 0 Å². The van der Waals surface area contributed by atoms with Crippen molar-refractivity contribution >= 4 is 17.3 Å². The largest absolute Gasteiger partial charge is 0.296 e. The minimum absolute atomic E-state index is 0.127. The highest BCUT2D eigenvalue weighted by molar-refractivity contribution is 7.78. The summed E-state index contributed by atoms with van der Waals surface area (Å²) < 4.78 is 17.1. The van der Waals surface area contributed by atoms with E-state index < -0.39 is 11.3 Å². The van der Waals surface area contributed by atoms with Crippen LogP contribution in [0.5, 0.6) is 0 Å². The summed E-state index contributed by atoms with van der Waals surface area (Å²) in [7, 11) is 0. The lowest BCUT2D eigenvalue weighted by Crippen LogP contribution is -1.92. The van der Waals surface area contributed by atoms with Gasteiger partial charge in [-0.15, -0.1) is 6.42 Å². The molecule has 4 nitrogen and oxygen atoms in total. The molecule has 0 aromatic rings. The van der Waals surface area contributed by atoms with Crippen molar-refractivity contribution in [2.45, 2.75) is 0 Å². The Morgan fingerprint density at radius 1 is 1.78 bits per heavy atom. The van der Waals surface area contributed by atoms with Gasteiger partial charge in [-0.3, -0.25) is 4.18 Å². The average molecular weight is 145 g/mol. The van der Waals surface area contributed by atoms with Crippen molar-refractivity contribution in [2.75, 3.05) is 6.61 Å². The molecule has 1 atom stereocenters. The van der Waals surface area contributed by atoms with E-state index in [-0.39, 0.29) is 6.61 Å². The van der Waals surface area contributed by atoms with Gasteiger partial charge in [-0.2, -0.15) is 0 Å². The molecule has 0 spiro atoms. The summed E-state index contributed by atoms with van der Waals surface area (Å²) in [4.78, 5) is 9.36. The highest BCUT2D eigenvalue weighted by atomic mass is 32.2. The second-order valence-electron chi connectivity index (χ2n) is 0.866. The Morgan fingerprint density at radius 2 is 2.44 bits per heavy atom. The van der Waals surface area contributed by atoms with Crippen LogP contribution in [0.3, 0.4) is 0 Å². The van der Waals surface area contributed by atoms with Gasteiger partial charge in [-0.05, 0) is 0 Å². The molecule has 0 fully saturated rings. The molecule has 0 aliphatic heterocycles. The molecule has 1 unspecified atom stereocenters. The van der Waals surface area contributed by atoms with Gasteiger partial charge in [0.1, 0.15) is 6.61 Å². The van der Waals surface area contributed by atoms with E-state index >= 15 is 0 Å². The van der Waals surface area contributed by atoms with E-state index in [9.17, 15) is 9.00 Å². The Hall–Kier alpha value is -0.950. The summed E-state index contributed by atoms with van der Waals surface area (Å²) in [5.41, 5.74) is 0. The van der Waals surface area contributed by atoms with Crippen molar-refractivity contribution in [1.82, 2.24) is 0 Å². The van der Waals surface area contributed by atoms with Crippen LogP contribution in [0, 0.1) is 12.3 Å². The van der Waals surface area contributed by atoms with Crippen LogP contribution >= 0.6 is 0 Å². The maximum Gasteiger partial charge on any atom is 0.296 e. The van der Waals surface area contributed by atoms with Crippen molar-refractivity contribution in [3.8, 4) is 12.3 Å². The first kappa shape index (κ1) is 8.05. The molecular weight excluding hydrogens is 142 g/mol. The molecule has 0 heterocycles. The third kappa shape index (κ3) is 4.91. The van der Waals surface area contributed by atoms with E-state index in [1.54, 1.807) is 0 Å².